The maximum atomic E-state index is 12.3. The minimum absolute atomic E-state index is 0.180. The molecule has 6 nitrogen and oxygen atoms in total. The van der Waals surface area contributed by atoms with Crippen LogP contribution >= 0.6 is 0 Å². The Bertz CT molecular complexity index is 744. The Morgan fingerprint density at radius 2 is 1.96 bits per heavy atom. The zero-order valence-corrected chi connectivity index (χ0v) is 14.7. The fourth-order valence-corrected chi connectivity index (χ4v) is 2.17. The van der Waals surface area contributed by atoms with Crippen molar-refractivity contribution in [2.24, 2.45) is 5.92 Å². The van der Waals surface area contributed by atoms with Crippen LogP contribution in [0.4, 0.5) is 5.69 Å². The summed E-state index contributed by atoms with van der Waals surface area (Å²) in [5.74, 6) is 0.564. The van der Waals surface area contributed by atoms with Crippen molar-refractivity contribution in [1.29, 1.82) is 0 Å². The van der Waals surface area contributed by atoms with Crippen LogP contribution in [0.15, 0.2) is 42.6 Å². The van der Waals surface area contributed by atoms with E-state index in [1.54, 1.807) is 37.4 Å². The first kappa shape index (κ1) is 18.4. The summed E-state index contributed by atoms with van der Waals surface area (Å²) >= 11 is 0. The van der Waals surface area contributed by atoms with Crippen LogP contribution in [0.2, 0.25) is 0 Å². The van der Waals surface area contributed by atoms with Gasteiger partial charge in [-0.05, 0) is 36.6 Å². The maximum absolute atomic E-state index is 12.3. The molecule has 0 bridgehead atoms. The molecule has 1 heterocycles. The number of ether oxygens (including phenoxy) is 1. The monoisotopic (exact) mass is 341 g/mol. The Labute approximate surface area is 147 Å². The van der Waals surface area contributed by atoms with Gasteiger partial charge in [-0.3, -0.25) is 14.6 Å². The van der Waals surface area contributed by atoms with E-state index in [-0.39, 0.29) is 17.5 Å². The molecule has 0 radical (unpaired) electrons. The van der Waals surface area contributed by atoms with Gasteiger partial charge in [-0.25, -0.2) is 0 Å². The molecular weight excluding hydrogens is 318 g/mol. The predicted octanol–water partition coefficient (Wildman–Crippen LogP) is 3.12. The van der Waals surface area contributed by atoms with E-state index < -0.39 is 0 Å². The minimum atomic E-state index is -0.384. The van der Waals surface area contributed by atoms with Gasteiger partial charge in [-0.2, -0.15) is 0 Å². The first-order chi connectivity index (χ1) is 12.0. The van der Waals surface area contributed by atoms with Gasteiger partial charge in [0.25, 0.3) is 11.8 Å². The van der Waals surface area contributed by atoms with Crippen LogP contribution < -0.4 is 15.4 Å². The van der Waals surface area contributed by atoms with Gasteiger partial charge in [0.1, 0.15) is 11.4 Å². The number of pyridine rings is 1. The third kappa shape index (κ3) is 5.60. The number of nitrogens with zero attached hydrogens (tertiary/aromatic N) is 1. The molecule has 2 N–H and O–H groups in total. The molecule has 2 aromatic rings. The number of rotatable bonds is 7. The zero-order valence-electron chi connectivity index (χ0n) is 14.7. The normalized spacial score (nSPS) is 10.4. The number of methoxy groups -OCH3 is 1. The van der Waals surface area contributed by atoms with Crippen molar-refractivity contribution in [2.45, 2.75) is 20.3 Å². The van der Waals surface area contributed by atoms with Gasteiger partial charge in [0.2, 0.25) is 0 Å². The molecule has 0 aliphatic rings. The van der Waals surface area contributed by atoms with Crippen LogP contribution in [-0.4, -0.2) is 30.5 Å². The standard InChI is InChI=1S/C19H23N3O3/c1-13(2)7-9-21-18(23)14-8-10-20-17(11-14)19(24)22-15-5-4-6-16(12-15)25-3/h4-6,8,10-13H,7,9H2,1-3H3,(H,21,23)(H,22,24). The number of nitrogens with one attached hydrogen (secondary N) is 2. The van der Waals surface area contributed by atoms with Gasteiger partial charge < -0.3 is 15.4 Å². The first-order valence-corrected chi connectivity index (χ1v) is 8.19. The fraction of sp³-hybridized carbons (Fsp3) is 0.316. The number of carbonyl (C=O) groups is 2. The number of carbonyl (C=O) groups excluding carboxylic acids is 2. The van der Waals surface area contributed by atoms with E-state index in [4.69, 9.17) is 4.74 Å². The Balaban J connectivity index is 2.04. The number of hydrogen-bond donors (Lipinski definition) is 2. The molecule has 0 saturated carbocycles. The molecule has 0 atom stereocenters. The lowest BCUT2D eigenvalue weighted by atomic mass is 10.1. The van der Waals surface area contributed by atoms with Crippen LogP contribution in [0.1, 0.15) is 41.1 Å². The highest BCUT2D eigenvalue weighted by molar-refractivity contribution is 6.04. The molecule has 0 saturated heterocycles. The molecule has 0 fully saturated rings. The summed E-state index contributed by atoms with van der Waals surface area (Å²) in [5.41, 5.74) is 1.19. The van der Waals surface area contributed by atoms with Gasteiger partial charge in [0.05, 0.1) is 7.11 Å². The third-order valence-electron chi connectivity index (χ3n) is 3.59. The number of aromatic nitrogens is 1. The van der Waals surface area contributed by atoms with Crippen molar-refractivity contribution in [3.8, 4) is 5.75 Å². The smallest absolute Gasteiger partial charge is 0.274 e. The van der Waals surface area contributed by atoms with E-state index in [0.29, 0.717) is 29.5 Å². The summed E-state index contributed by atoms with van der Waals surface area (Å²) in [5, 5.41) is 5.59. The highest BCUT2D eigenvalue weighted by Crippen LogP contribution is 2.17. The topological polar surface area (TPSA) is 80.3 Å². The Morgan fingerprint density at radius 1 is 1.16 bits per heavy atom. The fourth-order valence-electron chi connectivity index (χ4n) is 2.17. The van der Waals surface area contributed by atoms with Gasteiger partial charge in [-0.15, -0.1) is 0 Å². The van der Waals surface area contributed by atoms with Crippen molar-refractivity contribution < 1.29 is 14.3 Å². The molecule has 0 unspecified atom stereocenters. The average Bonchev–Trinajstić information content (AvgIpc) is 2.61. The summed E-state index contributed by atoms with van der Waals surface area (Å²) < 4.78 is 5.13. The molecule has 2 amide bonds. The molecule has 1 aromatic carbocycles. The average molecular weight is 341 g/mol. The molecule has 0 aliphatic heterocycles. The lowest BCUT2D eigenvalue weighted by Crippen LogP contribution is -2.26. The van der Waals surface area contributed by atoms with Crippen LogP contribution in [0, 0.1) is 5.92 Å². The van der Waals surface area contributed by atoms with E-state index in [9.17, 15) is 9.59 Å². The lowest BCUT2D eigenvalue weighted by Gasteiger charge is -2.09. The Hall–Kier alpha value is -2.89. The predicted molar refractivity (Wildman–Crippen MR) is 97.0 cm³/mol. The van der Waals surface area contributed by atoms with Gasteiger partial charge in [0.15, 0.2) is 0 Å². The summed E-state index contributed by atoms with van der Waals surface area (Å²) in [7, 11) is 1.56. The minimum Gasteiger partial charge on any atom is -0.497 e. The molecular formula is C19H23N3O3. The van der Waals surface area contributed by atoms with Crippen molar-refractivity contribution in [1.82, 2.24) is 10.3 Å². The number of anilines is 1. The quantitative estimate of drug-likeness (QED) is 0.811. The van der Waals surface area contributed by atoms with E-state index in [1.165, 1.54) is 12.3 Å². The zero-order chi connectivity index (χ0) is 18.2. The SMILES string of the molecule is COc1cccc(NC(=O)c2cc(C(=O)NCCC(C)C)ccn2)c1. The lowest BCUT2D eigenvalue weighted by molar-refractivity contribution is 0.0952. The molecule has 0 aliphatic carbocycles. The van der Waals surface area contributed by atoms with Crippen LogP contribution in [0.5, 0.6) is 5.75 Å². The molecule has 6 heteroatoms. The van der Waals surface area contributed by atoms with E-state index in [1.807, 2.05) is 0 Å². The maximum Gasteiger partial charge on any atom is 0.274 e. The van der Waals surface area contributed by atoms with Crippen LogP contribution in [0.3, 0.4) is 0 Å². The van der Waals surface area contributed by atoms with Gasteiger partial charge >= 0.3 is 0 Å². The van der Waals surface area contributed by atoms with E-state index in [2.05, 4.69) is 29.5 Å². The molecule has 0 spiro atoms. The summed E-state index contributed by atoms with van der Waals surface area (Å²) in [6.07, 6.45) is 2.36. The number of hydrogen-bond acceptors (Lipinski definition) is 4. The second-order valence-corrected chi connectivity index (χ2v) is 6.05. The summed E-state index contributed by atoms with van der Waals surface area (Å²) in [4.78, 5) is 28.5. The highest BCUT2D eigenvalue weighted by Gasteiger charge is 2.12. The van der Waals surface area contributed by atoms with Crippen LogP contribution in [-0.2, 0) is 0 Å². The third-order valence-corrected chi connectivity index (χ3v) is 3.59. The van der Waals surface area contributed by atoms with Gasteiger partial charge in [0, 0.05) is 30.1 Å². The number of amides is 2. The highest BCUT2D eigenvalue weighted by atomic mass is 16.5. The van der Waals surface area contributed by atoms with Crippen molar-refractivity contribution in [2.75, 3.05) is 19.0 Å². The molecule has 25 heavy (non-hydrogen) atoms. The largest absolute Gasteiger partial charge is 0.497 e. The first-order valence-electron chi connectivity index (χ1n) is 8.19. The summed E-state index contributed by atoms with van der Waals surface area (Å²) in [6.45, 7) is 4.80. The number of benzene rings is 1. The van der Waals surface area contributed by atoms with E-state index >= 15 is 0 Å². The van der Waals surface area contributed by atoms with Crippen molar-refractivity contribution in [3.63, 3.8) is 0 Å². The molecule has 2 rings (SSSR count). The summed E-state index contributed by atoms with van der Waals surface area (Å²) in [6, 6.07) is 10.1. The van der Waals surface area contributed by atoms with Crippen molar-refractivity contribution >= 4 is 17.5 Å². The second-order valence-electron chi connectivity index (χ2n) is 6.05. The molecule has 1 aromatic heterocycles. The van der Waals surface area contributed by atoms with E-state index in [0.717, 1.165) is 6.42 Å². The Kier molecular flexibility index (Phi) is 6.51. The molecule has 132 valence electrons. The second kappa shape index (κ2) is 8.82. The van der Waals surface area contributed by atoms with Crippen molar-refractivity contribution in [3.05, 3.63) is 53.9 Å². The van der Waals surface area contributed by atoms with Crippen LogP contribution in [0.25, 0.3) is 0 Å². The Morgan fingerprint density at radius 3 is 2.68 bits per heavy atom. The van der Waals surface area contributed by atoms with Gasteiger partial charge in [-0.1, -0.05) is 19.9 Å².